The van der Waals surface area contributed by atoms with Crippen molar-refractivity contribution in [2.75, 3.05) is 7.11 Å². The largest absolute Gasteiger partial charge is 0.464 e. The van der Waals surface area contributed by atoms with E-state index in [0.717, 1.165) is 0 Å². The second-order valence-electron chi connectivity index (χ2n) is 2.89. The van der Waals surface area contributed by atoms with E-state index in [1.165, 1.54) is 13.3 Å². The van der Waals surface area contributed by atoms with Gasteiger partial charge >= 0.3 is 5.97 Å². The highest BCUT2D eigenvalue weighted by molar-refractivity contribution is 5.88. The van der Waals surface area contributed by atoms with Crippen LogP contribution in [0.5, 0.6) is 0 Å². The van der Waals surface area contributed by atoms with Crippen LogP contribution in [0.15, 0.2) is 24.5 Å². The number of carbonyl (C=O) groups is 1. The zero-order valence-corrected chi connectivity index (χ0v) is 7.97. The highest BCUT2D eigenvalue weighted by atomic mass is 16.5. The standard InChI is InChI=1S/C10H7N3O2/c1-15-10(14)8-6-12-9-4-7(5-11)2-3-13(8)9/h2-4,6H,1H3. The number of fused-ring (bicyclic) bond motifs is 1. The van der Waals surface area contributed by atoms with Crippen molar-refractivity contribution in [3.05, 3.63) is 35.8 Å². The Hall–Kier alpha value is -2.35. The highest BCUT2D eigenvalue weighted by Crippen LogP contribution is 2.09. The van der Waals surface area contributed by atoms with E-state index in [1.54, 1.807) is 22.7 Å². The molecule has 74 valence electrons. The van der Waals surface area contributed by atoms with Gasteiger partial charge in [-0.2, -0.15) is 5.26 Å². The Labute approximate surface area is 85.5 Å². The van der Waals surface area contributed by atoms with Crippen molar-refractivity contribution in [3.63, 3.8) is 0 Å². The topological polar surface area (TPSA) is 67.4 Å². The number of methoxy groups -OCH3 is 1. The number of carbonyl (C=O) groups excluding carboxylic acids is 1. The third-order valence-electron chi connectivity index (χ3n) is 2.04. The molecule has 0 unspecified atom stereocenters. The summed E-state index contributed by atoms with van der Waals surface area (Å²) in [5.41, 5.74) is 1.40. The molecule has 0 aliphatic rings. The van der Waals surface area contributed by atoms with Crippen LogP contribution in [0.2, 0.25) is 0 Å². The van der Waals surface area contributed by atoms with Gasteiger partial charge in [-0.3, -0.25) is 4.40 Å². The van der Waals surface area contributed by atoms with Crippen LogP contribution in [0.3, 0.4) is 0 Å². The Morgan fingerprint density at radius 3 is 3.13 bits per heavy atom. The lowest BCUT2D eigenvalue weighted by Crippen LogP contribution is -2.04. The normalized spacial score (nSPS) is 9.87. The van der Waals surface area contributed by atoms with Crippen LogP contribution >= 0.6 is 0 Å². The second kappa shape index (κ2) is 3.42. The van der Waals surface area contributed by atoms with Crippen LogP contribution in [0.4, 0.5) is 0 Å². The van der Waals surface area contributed by atoms with Crippen molar-refractivity contribution in [1.29, 1.82) is 5.26 Å². The van der Waals surface area contributed by atoms with Gasteiger partial charge in [0, 0.05) is 6.20 Å². The van der Waals surface area contributed by atoms with E-state index < -0.39 is 5.97 Å². The SMILES string of the molecule is COC(=O)c1cnc2cc(C#N)ccn12. The van der Waals surface area contributed by atoms with Gasteiger partial charge in [0.25, 0.3) is 0 Å². The number of hydrogen-bond donors (Lipinski definition) is 0. The van der Waals surface area contributed by atoms with E-state index in [-0.39, 0.29) is 0 Å². The minimum Gasteiger partial charge on any atom is -0.464 e. The molecule has 0 N–H and O–H groups in total. The predicted molar refractivity (Wildman–Crippen MR) is 51.2 cm³/mol. The first kappa shape index (κ1) is 9.21. The van der Waals surface area contributed by atoms with Crippen molar-refractivity contribution < 1.29 is 9.53 Å². The van der Waals surface area contributed by atoms with Gasteiger partial charge in [0.2, 0.25) is 0 Å². The second-order valence-corrected chi connectivity index (χ2v) is 2.89. The van der Waals surface area contributed by atoms with Gasteiger partial charge in [-0.15, -0.1) is 0 Å². The molecule has 0 spiro atoms. The van der Waals surface area contributed by atoms with Gasteiger partial charge in [0.1, 0.15) is 5.65 Å². The maximum Gasteiger partial charge on any atom is 0.356 e. The number of imidazole rings is 1. The van der Waals surface area contributed by atoms with E-state index in [2.05, 4.69) is 9.72 Å². The Morgan fingerprint density at radius 1 is 1.67 bits per heavy atom. The molecule has 0 amide bonds. The molecule has 0 saturated heterocycles. The van der Waals surface area contributed by atoms with Gasteiger partial charge < -0.3 is 4.74 Å². The molecule has 2 aromatic heterocycles. The summed E-state index contributed by atoms with van der Waals surface area (Å²) in [6.45, 7) is 0. The summed E-state index contributed by atoms with van der Waals surface area (Å²) in [6, 6.07) is 5.22. The molecule has 5 nitrogen and oxygen atoms in total. The van der Waals surface area contributed by atoms with Gasteiger partial charge in [-0.1, -0.05) is 0 Å². The Balaban J connectivity index is 2.63. The first-order valence-electron chi connectivity index (χ1n) is 4.22. The van der Waals surface area contributed by atoms with Crippen molar-refractivity contribution in [3.8, 4) is 6.07 Å². The number of pyridine rings is 1. The van der Waals surface area contributed by atoms with E-state index in [9.17, 15) is 4.79 Å². The Morgan fingerprint density at radius 2 is 2.47 bits per heavy atom. The maximum absolute atomic E-state index is 11.3. The minimum atomic E-state index is -0.452. The quantitative estimate of drug-likeness (QED) is 0.645. The Kier molecular flexibility index (Phi) is 2.10. The third-order valence-corrected chi connectivity index (χ3v) is 2.04. The third kappa shape index (κ3) is 1.42. The number of aromatic nitrogens is 2. The minimum absolute atomic E-state index is 0.344. The summed E-state index contributed by atoms with van der Waals surface area (Å²) in [5, 5.41) is 8.68. The molecule has 0 aliphatic heterocycles. The van der Waals surface area contributed by atoms with Crippen molar-refractivity contribution in [2.45, 2.75) is 0 Å². The van der Waals surface area contributed by atoms with Crippen LogP contribution < -0.4 is 0 Å². The summed E-state index contributed by atoms with van der Waals surface area (Å²) in [4.78, 5) is 15.3. The fraction of sp³-hybridized carbons (Fsp3) is 0.100. The summed E-state index contributed by atoms with van der Waals surface area (Å²) in [5.74, 6) is -0.452. The molecular formula is C10H7N3O2. The maximum atomic E-state index is 11.3. The van der Waals surface area contributed by atoms with Crippen molar-refractivity contribution in [2.24, 2.45) is 0 Å². The molecule has 5 heteroatoms. The molecular weight excluding hydrogens is 194 g/mol. The fourth-order valence-corrected chi connectivity index (χ4v) is 1.31. The number of ether oxygens (including phenoxy) is 1. The Bertz CT molecular complexity index is 566. The van der Waals surface area contributed by atoms with E-state index in [4.69, 9.17) is 5.26 Å². The molecule has 0 radical (unpaired) electrons. The fourth-order valence-electron chi connectivity index (χ4n) is 1.31. The zero-order valence-electron chi connectivity index (χ0n) is 7.97. The van der Waals surface area contributed by atoms with Crippen molar-refractivity contribution >= 4 is 11.6 Å². The highest BCUT2D eigenvalue weighted by Gasteiger charge is 2.11. The molecule has 0 atom stereocenters. The lowest BCUT2D eigenvalue weighted by Gasteiger charge is -1.98. The smallest absolute Gasteiger partial charge is 0.356 e. The molecule has 0 aromatic carbocycles. The number of hydrogen-bond acceptors (Lipinski definition) is 4. The summed E-state index contributed by atoms with van der Waals surface area (Å²) in [6.07, 6.45) is 3.04. The summed E-state index contributed by atoms with van der Waals surface area (Å²) in [7, 11) is 1.31. The van der Waals surface area contributed by atoms with Gasteiger partial charge in [0.05, 0.1) is 24.9 Å². The number of nitrogens with zero attached hydrogens (tertiary/aromatic N) is 3. The van der Waals surface area contributed by atoms with Crippen LogP contribution in [-0.2, 0) is 4.74 Å². The van der Waals surface area contributed by atoms with E-state index in [1.807, 2.05) is 6.07 Å². The molecule has 15 heavy (non-hydrogen) atoms. The first-order chi connectivity index (χ1) is 7.26. The molecule has 2 heterocycles. The van der Waals surface area contributed by atoms with Crippen LogP contribution in [0.1, 0.15) is 16.1 Å². The molecule has 0 aliphatic carbocycles. The lowest BCUT2D eigenvalue weighted by atomic mass is 10.3. The van der Waals surface area contributed by atoms with Crippen molar-refractivity contribution in [1.82, 2.24) is 9.38 Å². The summed E-state index contributed by atoms with van der Waals surface area (Å²) >= 11 is 0. The number of nitriles is 1. The van der Waals surface area contributed by atoms with Crippen LogP contribution in [0, 0.1) is 11.3 Å². The average Bonchev–Trinajstić information content (AvgIpc) is 2.70. The lowest BCUT2D eigenvalue weighted by molar-refractivity contribution is 0.0593. The average molecular weight is 201 g/mol. The van der Waals surface area contributed by atoms with Crippen LogP contribution in [-0.4, -0.2) is 22.5 Å². The van der Waals surface area contributed by atoms with Gasteiger partial charge in [-0.25, -0.2) is 9.78 Å². The molecule has 0 fully saturated rings. The van der Waals surface area contributed by atoms with Crippen LogP contribution in [0.25, 0.3) is 5.65 Å². The number of rotatable bonds is 1. The van der Waals surface area contributed by atoms with Gasteiger partial charge in [-0.05, 0) is 12.1 Å². The molecule has 2 rings (SSSR count). The van der Waals surface area contributed by atoms with E-state index >= 15 is 0 Å². The van der Waals surface area contributed by atoms with Gasteiger partial charge in [0.15, 0.2) is 5.69 Å². The summed E-state index contributed by atoms with van der Waals surface area (Å²) < 4.78 is 6.17. The zero-order chi connectivity index (χ0) is 10.8. The molecule has 2 aromatic rings. The number of esters is 1. The molecule has 0 bridgehead atoms. The van der Waals surface area contributed by atoms with E-state index in [0.29, 0.717) is 16.9 Å². The molecule has 0 saturated carbocycles. The first-order valence-corrected chi connectivity index (χ1v) is 4.22. The predicted octanol–water partition coefficient (Wildman–Crippen LogP) is 0.993. The monoisotopic (exact) mass is 201 g/mol.